The molecule has 2 N–H and O–H groups in total. The van der Waals surface area contributed by atoms with Crippen molar-refractivity contribution in [1.82, 2.24) is 20.5 Å². The fourth-order valence-corrected chi connectivity index (χ4v) is 4.79. The van der Waals surface area contributed by atoms with Gasteiger partial charge in [0.25, 0.3) is 0 Å². The van der Waals surface area contributed by atoms with Crippen molar-refractivity contribution in [3.63, 3.8) is 0 Å². The Labute approximate surface area is 236 Å². The minimum atomic E-state index is -0.614. The highest BCUT2D eigenvalue weighted by molar-refractivity contribution is 5.88. The largest absolute Gasteiger partial charge is 0.353 e. The standard InChI is InChI=1S/C32H37N5O3/c1-2-30(38)33-19-10-9-16-28(35-31(39)24-25-12-5-3-6-13-25)32(40)37-22-20-36(21-23-37)29-18-11-17-27(34-29)26-14-7-4-8-15-26/h2-8,11-15,17-18,28H,1,9-10,16,19-24H2,(H,33,38)(H,35,39)/t28-/m0/s1. The third-order valence-electron chi connectivity index (χ3n) is 6.96. The number of rotatable bonds is 12. The summed E-state index contributed by atoms with van der Waals surface area (Å²) < 4.78 is 0. The maximum Gasteiger partial charge on any atom is 0.245 e. The van der Waals surface area contributed by atoms with E-state index in [9.17, 15) is 14.4 Å². The number of benzene rings is 2. The van der Waals surface area contributed by atoms with Gasteiger partial charge < -0.3 is 20.4 Å². The van der Waals surface area contributed by atoms with Gasteiger partial charge in [0.1, 0.15) is 11.9 Å². The summed E-state index contributed by atoms with van der Waals surface area (Å²) in [7, 11) is 0. The smallest absolute Gasteiger partial charge is 0.245 e. The number of carbonyl (C=O) groups is 3. The molecule has 1 aromatic heterocycles. The van der Waals surface area contributed by atoms with Gasteiger partial charge >= 0.3 is 0 Å². The molecule has 8 nitrogen and oxygen atoms in total. The highest BCUT2D eigenvalue weighted by Gasteiger charge is 2.29. The molecule has 1 atom stereocenters. The zero-order valence-corrected chi connectivity index (χ0v) is 22.8. The Balaban J connectivity index is 1.35. The average molecular weight is 540 g/mol. The Morgan fingerprint density at radius 3 is 2.27 bits per heavy atom. The van der Waals surface area contributed by atoms with Crippen molar-refractivity contribution in [1.29, 1.82) is 0 Å². The highest BCUT2D eigenvalue weighted by Crippen LogP contribution is 2.21. The fraction of sp³-hybridized carbons (Fsp3) is 0.312. The summed E-state index contributed by atoms with van der Waals surface area (Å²) in [6, 6.07) is 25.0. The number of anilines is 1. The summed E-state index contributed by atoms with van der Waals surface area (Å²) in [5.74, 6) is 0.431. The molecule has 0 unspecified atom stereocenters. The molecule has 3 aromatic rings. The SMILES string of the molecule is C=CC(=O)NCCCC[C@H](NC(=O)Cc1ccccc1)C(=O)N1CCN(c2cccc(-c3ccccc3)n2)CC1. The van der Waals surface area contributed by atoms with Crippen LogP contribution in [0.2, 0.25) is 0 Å². The van der Waals surface area contributed by atoms with Crippen molar-refractivity contribution in [3.8, 4) is 11.3 Å². The normalized spacial score (nSPS) is 13.8. The molecule has 1 saturated heterocycles. The Morgan fingerprint density at radius 2 is 1.57 bits per heavy atom. The first-order valence-corrected chi connectivity index (χ1v) is 13.8. The summed E-state index contributed by atoms with van der Waals surface area (Å²) in [4.78, 5) is 46.7. The molecule has 0 saturated carbocycles. The van der Waals surface area contributed by atoms with Crippen LogP contribution in [0.25, 0.3) is 11.3 Å². The maximum absolute atomic E-state index is 13.6. The van der Waals surface area contributed by atoms with Gasteiger partial charge in [0.15, 0.2) is 0 Å². The summed E-state index contributed by atoms with van der Waals surface area (Å²) in [6.07, 6.45) is 3.36. The molecule has 4 rings (SSSR count). The van der Waals surface area contributed by atoms with Crippen molar-refractivity contribution in [2.24, 2.45) is 0 Å². The Kier molecular flexibility index (Phi) is 10.4. The molecular weight excluding hydrogens is 502 g/mol. The van der Waals surface area contributed by atoms with Gasteiger partial charge in [-0.2, -0.15) is 0 Å². The van der Waals surface area contributed by atoms with E-state index in [0.29, 0.717) is 52.0 Å². The van der Waals surface area contributed by atoms with E-state index in [2.05, 4.69) is 22.1 Å². The van der Waals surface area contributed by atoms with E-state index in [-0.39, 0.29) is 24.1 Å². The molecule has 0 bridgehead atoms. The number of aromatic nitrogens is 1. The lowest BCUT2D eigenvalue weighted by Crippen LogP contribution is -2.55. The number of pyridine rings is 1. The molecule has 208 valence electrons. The van der Waals surface area contributed by atoms with Crippen molar-refractivity contribution in [2.75, 3.05) is 37.6 Å². The Morgan fingerprint density at radius 1 is 0.875 bits per heavy atom. The Bertz CT molecular complexity index is 1270. The number of carbonyl (C=O) groups excluding carboxylic acids is 3. The second kappa shape index (κ2) is 14.6. The molecule has 3 amide bonds. The molecule has 1 aliphatic heterocycles. The van der Waals surface area contributed by atoms with Gasteiger partial charge in [-0.3, -0.25) is 14.4 Å². The first-order chi connectivity index (χ1) is 19.5. The fourth-order valence-electron chi connectivity index (χ4n) is 4.79. The molecule has 0 spiro atoms. The Hall–Kier alpha value is -4.46. The predicted molar refractivity (Wildman–Crippen MR) is 158 cm³/mol. The van der Waals surface area contributed by atoms with Crippen LogP contribution in [0.1, 0.15) is 24.8 Å². The van der Waals surface area contributed by atoms with Gasteiger partial charge in [-0.05, 0) is 43.0 Å². The van der Waals surface area contributed by atoms with Gasteiger partial charge in [-0.15, -0.1) is 0 Å². The monoisotopic (exact) mass is 539 g/mol. The van der Waals surface area contributed by atoms with Crippen molar-refractivity contribution >= 4 is 23.5 Å². The van der Waals surface area contributed by atoms with Crippen LogP contribution >= 0.6 is 0 Å². The predicted octanol–water partition coefficient (Wildman–Crippen LogP) is 3.60. The number of piperazine rings is 1. The van der Waals surface area contributed by atoms with Gasteiger partial charge in [0, 0.05) is 38.3 Å². The summed E-state index contributed by atoms with van der Waals surface area (Å²) in [5, 5.41) is 5.74. The quantitative estimate of drug-likeness (QED) is 0.271. The number of amides is 3. The summed E-state index contributed by atoms with van der Waals surface area (Å²) in [5.41, 5.74) is 2.88. The molecule has 2 aromatic carbocycles. The number of nitrogens with one attached hydrogen (secondary N) is 2. The number of hydrogen-bond donors (Lipinski definition) is 2. The molecule has 0 aliphatic carbocycles. The molecule has 40 heavy (non-hydrogen) atoms. The minimum Gasteiger partial charge on any atom is -0.353 e. The van der Waals surface area contributed by atoms with Crippen molar-refractivity contribution in [2.45, 2.75) is 31.7 Å². The van der Waals surface area contributed by atoms with E-state index in [1.54, 1.807) is 0 Å². The number of hydrogen-bond acceptors (Lipinski definition) is 5. The van der Waals surface area contributed by atoms with Gasteiger partial charge in [0.05, 0.1) is 12.1 Å². The second-order valence-electron chi connectivity index (χ2n) is 9.83. The van der Waals surface area contributed by atoms with E-state index in [4.69, 9.17) is 4.98 Å². The molecule has 1 fully saturated rings. The minimum absolute atomic E-state index is 0.0674. The number of nitrogens with zero attached hydrogens (tertiary/aromatic N) is 3. The van der Waals surface area contributed by atoms with Gasteiger partial charge in [-0.1, -0.05) is 73.3 Å². The zero-order valence-electron chi connectivity index (χ0n) is 22.8. The topological polar surface area (TPSA) is 94.6 Å². The van der Waals surface area contributed by atoms with Crippen molar-refractivity contribution < 1.29 is 14.4 Å². The maximum atomic E-state index is 13.6. The first-order valence-electron chi connectivity index (χ1n) is 13.8. The van der Waals surface area contributed by atoms with Crippen LogP contribution in [0.4, 0.5) is 5.82 Å². The van der Waals surface area contributed by atoms with E-state index >= 15 is 0 Å². The van der Waals surface area contributed by atoms with Gasteiger partial charge in [-0.25, -0.2) is 4.98 Å². The van der Waals surface area contributed by atoms with Crippen LogP contribution < -0.4 is 15.5 Å². The van der Waals surface area contributed by atoms with Crippen LogP contribution in [-0.4, -0.2) is 66.4 Å². The van der Waals surface area contributed by atoms with Crippen LogP contribution in [-0.2, 0) is 20.8 Å². The third-order valence-corrected chi connectivity index (χ3v) is 6.96. The average Bonchev–Trinajstić information content (AvgIpc) is 3.01. The molecular formula is C32H37N5O3. The van der Waals surface area contributed by atoms with Crippen LogP contribution in [0.15, 0.2) is 91.5 Å². The molecule has 2 heterocycles. The third kappa shape index (κ3) is 8.27. The van der Waals surface area contributed by atoms with E-state index in [1.165, 1.54) is 6.08 Å². The van der Waals surface area contributed by atoms with Gasteiger partial charge in [0.2, 0.25) is 17.7 Å². The lowest BCUT2D eigenvalue weighted by Gasteiger charge is -2.37. The number of unbranched alkanes of at least 4 members (excludes halogenated alkanes) is 1. The lowest BCUT2D eigenvalue weighted by molar-refractivity contribution is -0.136. The van der Waals surface area contributed by atoms with Crippen molar-refractivity contribution in [3.05, 3.63) is 97.1 Å². The summed E-state index contributed by atoms with van der Waals surface area (Å²) in [6.45, 7) is 6.38. The highest BCUT2D eigenvalue weighted by atomic mass is 16.2. The second-order valence-corrected chi connectivity index (χ2v) is 9.83. The van der Waals surface area contributed by atoms with Crippen LogP contribution in [0.5, 0.6) is 0 Å². The zero-order chi connectivity index (χ0) is 28.2. The summed E-state index contributed by atoms with van der Waals surface area (Å²) >= 11 is 0. The van der Waals surface area contributed by atoms with Crippen LogP contribution in [0, 0.1) is 0 Å². The first kappa shape index (κ1) is 28.5. The van der Waals surface area contributed by atoms with E-state index < -0.39 is 6.04 Å². The van der Waals surface area contributed by atoms with Crippen LogP contribution in [0.3, 0.4) is 0 Å². The molecule has 0 radical (unpaired) electrons. The molecule has 8 heteroatoms. The van der Waals surface area contributed by atoms with E-state index in [1.807, 2.05) is 83.8 Å². The molecule has 1 aliphatic rings. The lowest BCUT2D eigenvalue weighted by atomic mass is 10.1. The van der Waals surface area contributed by atoms with E-state index in [0.717, 1.165) is 22.6 Å².